The largest absolute Gasteiger partial charge is 0.491 e. The average Bonchev–Trinajstić information content (AvgIpc) is 3.59. The molecule has 7 nitrogen and oxygen atoms in total. The summed E-state index contributed by atoms with van der Waals surface area (Å²) in [5.74, 6) is 2.60. The van der Waals surface area contributed by atoms with Crippen LogP contribution >= 0.6 is 12.4 Å². The molecule has 3 aromatic heterocycles. The number of aromatic nitrogens is 3. The van der Waals surface area contributed by atoms with Crippen molar-refractivity contribution in [3.8, 4) is 23.1 Å². The van der Waals surface area contributed by atoms with Gasteiger partial charge in [0.25, 0.3) is 0 Å². The molecule has 0 aromatic carbocycles. The van der Waals surface area contributed by atoms with Gasteiger partial charge in [-0.05, 0) is 68.8 Å². The van der Waals surface area contributed by atoms with Crippen LogP contribution in [0.3, 0.4) is 0 Å². The first-order valence-corrected chi connectivity index (χ1v) is 9.99. The highest BCUT2D eigenvalue weighted by Crippen LogP contribution is 2.42. The van der Waals surface area contributed by atoms with Crippen LogP contribution in [0.1, 0.15) is 29.9 Å². The number of likely N-dealkylation sites (N-methyl/N-ethyl adjacent to an activating group) is 1. The lowest BCUT2D eigenvalue weighted by atomic mass is 10.1. The lowest BCUT2D eigenvalue weighted by Crippen LogP contribution is -2.19. The van der Waals surface area contributed by atoms with E-state index < -0.39 is 0 Å². The van der Waals surface area contributed by atoms with Gasteiger partial charge in [0.2, 0.25) is 0 Å². The zero-order valence-corrected chi connectivity index (χ0v) is 18.4. The number of nitriles is 1. The van der Waals surface area contributed by atoms with Crippen LogP contribution in [0, 0.1) is 11.3 Å². The van der Waals surface area contributed by atoms with E-state index in [9.17, 15) is 0 Å². The number of rotatable bonds is 8. The van der Waals surface area contributed by atoms with Crippen LogP contribution in [0.4, 0.5) is 11.6 Å². The summed E-state index contributed by atoms with van der Waals surface area (Å²) in [5.41, 5.74) is 3.54. The number of ether oxygens (including phenoxy) is 1. The first-order valence-electron chi connectivity index (χ1n) is 9.99. The third kappa shape index (κ3) is 6.14. The van der Waals surface area contributed by atoms with Crippen molar-refractivity contribution in [3.63, 3.8) is 0 Å². The van der Waals surface area contributed by atoms with Gasteiger partial charge >= 0.3 is 0 Å². The van der Waals surface area contributed by atoms with E-state index in [0.29, 0.717) is 29.7 Å². The van der Waals surface area contributed by atoms with Gasteiger partial charge in [-0.25, -0.2) is 9.97 Å². The Bertz CT molecular complexity index is 1080. The molecule has 1 aliphatic carbocycles. The maximum atomic E-state index is 9.12. The third-order valence-corrected chi connectivity index (χ3v) is 4.86. The molecule has 0 radical (unpaired) electrons. The molecule has 1 N–H and O–H groups in total. The van der Waals surface area contributed by atoms with Gasteiger partial charge < -0.3 is 15.0 Å². The van der Waals surface area contributed by atoms with E-state index in [0.717, 1.165) is 23.6 Å². The highest BCUT2D eigenvalue weighted by molar-refractivity contribution is 5.85. The molecule has 0 atom stereocenters. The number of anilines is 2. The molecule has 3 heterocycles. The average molecular weight is 437 g/mol. The molecule has 0 amide bonds. The Morgan fingerprint density at radius 1 is 1.16 bits per heavy atom. The third-order valence-electron chi connectivity index (χ3n) is 4.86. The molecule has 160 valence electrons. The van der Waals surface area contributed by atoms with Crippen molar-refractivity contribution in [2.24, 2.45) is 0 Å². The molecule has 1 fully saturated rings. The molecule has 0 saturated heterocycles. The molecule has 0 bridgehead atoms. The summed E-state index contributed by atoms with van der Waals surface area (Å²) in [6, 6.07) is 11.7. The van der Waals surface area contributed by atoms with Crippen molar-refractivity contribution in [1.29, 1.82) is 5.26 Å². The fourth-order valence-corrected chi connectivity index (χ4v) is 3.10. The zero-order valence-electron chi connectivity index (χ0n) is 17.6. The van der Waals surface area contributed by atoms with E-state index in [4.69, 9.17) is 15.0 Å². The first-order chi connectivity index (χ1) is 14.6. The number of pyridine rings is 3. The maximum Gasteiger partial charge on any atom is 0.138 e. The minimum Gasteiger partial charge on any atom is -0.491 e. The highest BCUT2D eigenvalue weighted by atomic mass is 35.5. The summed E-state index contributed by atoms with van der Waals surface area (Å²) >= 11 is 0. The van der Waals surface area contributed by atoms with Gasteiger partial charge in [0, 0.05) is 24.5 Å². The monoisotopic (exact) mass is 436 g/mol. The van der Waals surface area contributed by atoms with Crippen molar-refractivity contribution in [2.45, 2.75) is 18.8 Å². The van der Waals surface area contributed by atoms with Crippen molar-refractivity contribution >= 4 is 24.0 Å². The normalized spacial score (nSPS) is 12.7. The van der Waals surface area contributed by atoms with Crippen molar-refractivity contribution < 1.29 is 4.74 Å². The van der Waals surface area contributed by atoms with Crippen molar-refractivity contribution in [2.75, 3.05) is 32.6 Å². The van der Waals surface area contributed by atoms with Crippen LogP contribution < -0.4 is 10.1 Å². The lowest BCUT2D eigenvalue weighted by Gasteiger charge is -2.13. The second-order valence-electron chi connectivity index (χ2n) is 7.67. The zero-order chi connectivity index (χ0) is 20.9. The van der Waals surface area contributed by atoms with Crippen molar-refractivity contribution in [3.05, 3.63) is 60.0 Å². The standard InChI is InChI=1S/C23H24N6O.ClH/c1-29(2)7-8-30-20-10-19(14-25-15-20)21-11-18(17-3-4-17)12-23(27-21)28-22-9-16(13-24)5-6-26-22;/h5-6,9-12,14-15,17H,3-4,7-8H2,1-2H3,(H,26,27,28);1H. The van der Waals surface area contributed by atoms with Gasteiger partial charge in [-0.3, -0.25) is 4.98 Å². The Hall–Kier alpha value is -3.21. The number of hydrogen-bond donors (Lipinski definition) is 1. The molecule has 3 aromatic rings. The Labute approximate surface area is 188 Å². The molecule has 1 aliphatic rings. The SMILES string of the molecule is CN(C)CCOc1cncc(-c2cc(C3CC3)cc(Nc3cc(C#N)ccn3)n2)c1.Cl. The van der Waals surface area contributed by atoms with Gasteiger partial charge in [0.05, 0.1) is 23.5 Å². The van der Waals surface area contributed by atoms with Crippen molar-refractivity contribution in [1.82, 2.24) is 19.9 Å². The summed E-state index contributed by atoms with van der Waals surface area (Å²) in [5, 5.41) is 12.4. The van der Waals surface area contributed by atoms with Gasteiger partial charge in [-0.1, -0.05) is 0 Å². The van der Waals surface area contributed by atoms with E-state index >= 15 is 0 Å². The molecule has 8 heteroatoms. The predicted octanol–water partition coefficient (Wildman–Crippen LogP) is 4.39. The Balaban J connectivity index is 0.00000272. The Morgan fingerprint density at radius 3 is 2.74 bits per heavy atom. The molecule has 0 aliphatic heterocycles. The van der Waals surface area contributed by atoms with Crippen LogP contribution in [0.25, 0.3) is 11.3 Å². The summed E-state index contributed by atoms with van der Waals surface area (Å²) in [7, 11) is 4.03. The molecular weight excluding hydrogens is 412 g/mol. The Morgan fingerprint density at radius 2 is 2.00 bits per heavy atom. The van der Waals surface area contributed by atoms with Gasteiger partial charge in [0.1, 0.15) is 24.0 Å². The fraction of sp³-hybridized carbons (Fsp3) is 0.304. The second kappa shape index (κ2) is 10.2. The Kier molecular flexibility index (Phi) is 7.40. The maximum absolute atomic E-state index is 9.12. The van der Waals surface area contributed by atoms with Gasteiger partial charge in [0.15, 0.2) is 0 Å². The topological polar surface area (TPSA) is 87.0 Å². The summed E-state index contributed by atoms with van der Waals surface area (Å²) in [6.07, 6.45) is 7.52. The van der Waals surface area contributed by atoms with Crippen LogP contribution in [0.15, 0.2) is 48.9 Å². The quantitative estimate of drug-likeness (QED) is 0.560. The predicted molar refractivity (Wildman–Crippen MR) is 123 cm³/mol. The minimum atomic E-state index is 0. The smallest absolute Gasteiger partial charge is 0.138 e. The summed E-state index contributed by atoms with van der Waals surface area (Å²) in [6.45, 7) is 1.43. The number of halogens is 1. The molecular formula is C23H25ClN6O. The van der Waals surface area contributed by atoms with Crippen LogP contribution in [-0.4, -0.2) is 47.1 Å². The van der Waals surface area contributed by atoms with E-state index in [1.807, 2.05) is 20.2 Å². The first kappa shape index (κ1) is 22.5. The van der Waals surface area contributed by atoms with E-state index in [2.05, 4.69) is 38.4 Å². The highest BCUT2D eigenvalue weighted by Gasteiger charge is 2.25. The number of nitrogens with one attached hydrogen (secondary N) is 1. The van der Waals surface area contributed by atoms with E-state index in [-0.39, 0.29) is 12.4 Å². The fourth-order valence-electron chi connectivity index (χ4n) is 3.10. The molecule has 31 heavy (non-hydrogen) atoms. The molecule has 1 saturated carbocycles. The van der Waals surface area contributed by atoms with Crippen LogP contribution in [0.5, 0.6) is 5.75 Å². The molecule has 4 rings (SSSR count). The van der Waals surface area contributed by atoms with Crippen LogP contribution in [0.2, 0.25) is 0 Å². The summed E-state index contributed by atoms with van der Waals surface area (Å²) < 4.78 is 5.83. The molecule has 0 spiro atoms. The minimum absolute atomic E-state index is 0. The van der Waals surface area contributed by atoms with Gasteiger partial charge in [-0.15, -0.1) is 12.4 Å². The van der Waals surface area contributed by atoms with E-state index in [1.54, 1.807) is 30.7 Å². The second-order valence-corrected chi connectivity index (χ2v) is 7.67. The number of hydrogen-bond acceptors (Lipinski definition) is 7. The molecule has 0 unspecified atom stereocenters. The van der Waals surface area contributed by atoms with E-state index in [1.165, 1.54) is 18.4 Å². The lowest BCUT2D eigenvalue weighted by molar-refractivity contribution is 0.261. The number of nitrogens with zero attached hydrogens (tertiary/aromatic N) is 5. The van der Waals surface area contributed by atoms with Gasteiger partial charge in [-0.2, -0.15) is 5.26 Å². The summed E-state index contributed by atoms with van der Waals surface area (Å²) in [4.78, 5) is 15.5. The van der Waals surface area contributed by atoms with Crippen LogP contribution in [-0.2, 0) is 0 Å².